The van der Waals surface area contributed by atoms with Crippen LogP contribution in [0.3, 0.4) is 0 Å². The lowest BCUT2D eigenvalue weighted by Crippen LogP contribution is -2.19. The predicted octanol–water partition coefficient (Wildman–Crippen LogP) is 4.19. The van der Waals surface area contributed by atoms with Crippen molar-refractivity contribution >= 4 is 28.1 Å². The van der Waals surface area contributed by atoms with Crippen LogP contribution < -0.4 is 10.2 Å². The van der Waals surface area contributed by atoms with Gasteiger partial charge < -0.3 is 4.74 Å². The minimum atomic E-state index is -0.360. The monoisotopic (exact) mass is 409 g/mol. The number of hydrazone groups is 1. The van der Waals surface area contributed by atoms with Crippen LogP contribution >= 0.6 is 15.9 Å². The number of nitrogens with zero attached hydrogens (tertiary/aromatic N) is 2. The molecule has 0 radical (unpaired) electrons. The molecule has 5 nitrogen and oxygen atoms in total. The normalized spacial score (nSPS) is 10.7. The minimum Gasteiger partial charge on any atom is -0.488 e. The van der Waals surface area contributed by atoms with Crippen molar-refractivity contribution in [2.24, 2.45) is 5.10 Å². The Morgan fingerprint density at radius 1 is 1.12 bits per heavy atom. The van der Waals surface area contributed by atoms with Crippen molar-refractivity contribution in [3.8, 4) is 5.75 Å². The Bertz CT molecular complexity index is 899. The molecule has 0 fully saturated rings. The molecule has 0 aliphatic rings. The molecule has 6 heteroatoms. The number of nitrogens with one attached hydrogen (secondary N) is 1. The van der Waals surface area contributed by atoms with Crippen LogP contribution in [0, 0.1) is 0 Å². The number of rotatable bonds is 6. The number of halogens is 1. The summed E-state index contributed by atoms with van der Waals surface area (Å²) in [6.45, 7) is 0.375. The molecule has 0 saturated heterocycles. The molecule has 0 aliphatic heterocycles. The molecule has 130 valence electrons. The molecule has 1 N–H and O–H groups in total. The van der Waals surface area contributed by atoms with E-state index >= 15 is 0 Å². The van der Waals surface area contributed by atoms with Crippen LogP contribution in [0.25, 0.3) is 0 Å². The van der Waals surface area contributed by atoms with Crippen molar-refractivity contribution in [1.29, 1.82) is 0 Å². The zero-order chi connectivity index (χ0) is 18.2. The lowest BCUT2D eigenvalue weighted by molar-refractivity contribution is 0.0950. The standard InChI is InChI=1S/C20H16BrN3O2/c21-16-9-10-19(26-14-15-6-2-1-3-7-15)18(12-16)20(25)24-23-13-17-8-4-5-11-22-17/h1-13H,14H2,(H,24,25)/b23-13-. The highest BCUT2D eigenvalue weighted by Gasteiger charge is 2.13. The van der Waals surface area contributed by atoms with Gasteiger partial charge in [-0.1, -0.05) is 52.3 Å². The van der Waals surface area contributed by atoms with Crippen molar-refractivity contribution in [1.82, 2.24) is 10.4 Å². The van der Waals surface area contributed by atoms with Crippen molar-refractivity contribution in [3.63, 3.8) is 0 Å². The lowest BCUT2D eigenvalue weighted by atomic mass is 10.2. The first-order valence-corrected chi connectivity index (χ1v) is 8.72. The second-order valence-electron chi connectivity index (χ2n) is 5.37. The van der Waals surface area contributed by atoms with Crippen LogP contribution in [0.2, 0.25) is 0 Å². The molecule has 0 saturated carbocycles. The van der Waals surface area contributed by atoms with E-state index in [9.17, 15) is 4.79 Å². The van der Waals surface area contributed by atoms with Crippen LogP contribution in [0.1, 0.15) is 21.6 Å². The number of hydrogen-bond acceptors (Lipinski definition) is 4. The number of aromatic nitrogens is 1. The molecule has 26 heavy (non-hydrogen) atoms. The lowest BCUT2D eigenvalue weighted by Gasteiger charge is -2.11. The van der Waals surface area contributed by atoms with Crippen molar-refractivity contribution in [2.45, 2.75) is 6.61 Å². The van der Waals surface area contributed by atoms with E-state index in [-0.39, 0.29) is 5.91 Å². The smallest absolute Gasteiger partial charge is 0.275 e. The molecule has 0 spiro atoms. The number of carbonyl (C=O) groups is 1. The van der Waals surface area contributed by atoms with E-state index in [1.54, 1.807) is 24.4 Å². The molecule has 3 rings (SSSR count). The van der Waals surface area contributed by atoms with Crippen molar-refractivity contribution in [3.05, 3.63) is 94.2 Å². The third kappa shape index (κ3) is 5.00. The van der Waals surface area contributed by atoms with E-state index in [2.05, 4.69) is 31.4 Å². The number of hydrogen-bond donors (Lipinski definition) is 1. The van der Waals surface area contributed by atoms with Gasteiger partial charge in [0.05, 0.1) is 17.5 Å². The molecule has 0 atom stereocenters. The maximum atomic E-state index is 12.5. The SMILES string of the molecule is O=C(N/N=C\c1ccccn1)c1cc(Br)ccc1OCc1ccccc1. The molecule has 3 aromatic rings. The summed E-state index contributed by atoms with van der Waals surface area (Å²) in [7, 11) is 0. The van der Waals surface area contributed by atoms with E-state index in [0.29, 0.717) is 23.6 Å². The van der Waals surface area contributed by atoms with Crippen molar-refractivity contribution in [2.75, 3.05) is 0 Å². The molecule has 1 aromatic heterocycles. The highest BCUT2D eigenvalue weighted by molar-refractivity contribution is 9.10. The average molecular weight is 410 g/mol. The van der Waals surface area contributed by atoms with Crippen LogP contribution in [-0.4, -0.2) is 17.1 Å². The molecule has 0 bridgehead atoms. The number of ether oxygens (including phenoxy) is 1. The van der Waals surface area contributed by atoms with Crippen LogP contribution in [-0.2, 0) is 6.61 Å². The van der Waals surface area contributed by atoms with Gasteiger partial charge in [0, 0.05) is 10.7 Å². The van der Waals surface area contributed by atoms with Crippen molar-refractivity contribution < 1.29 is 9.53 Å². The summed E-state index contributed by atoms with van der Waals surface area (Å²) >= 11 is 3.38. The topological polar surface area (TPSA) is 63.6 Å². The summed E-state index contributed by atoms with van der Waals surface area (Å²) in [6, 6.07) is 20.5. The third-order valence-corrected chi connectivity index (χ3v) is 3.97. The van der Waals surface area contributed by atoms with Gasteiger partial charge >= 0.3 is 0 Å². The van der Waals surface area contributed by atoms with Gasteiger partial charge in [0.25, 0.3) is 5.91 Å². The van der Waals surface area contributed by atoms with Crippen LogP contribution in [0.15, 0.2) is 82.5 Å². The first kappa shape index (κ1) is 17.8. The number of pyridine rings is 1. The van der Waals surface area contributed by atoms with Gasteiger partial charge in [-0.05, 0) is 35.9 Å². The first-order valence-electron chi connectivity index (χ1n) is 7.93. The maximum absolute atomic E-state index is 12.5. The minimum absolute atomic E-state index is 0.360. The fraction of sp³-hybridized carbons (Fsp3) is 0.0500. The quantitative estimate of drug-likeness (QED) is 0.490. The Labute approximate surface area is 159 Å². The average Bonchev–Trinajstić information content (AvgIpc) is 2.68. The van der Waals surface area contributed by atoms with Crippen LogP contribution in [0.5, 0.6) is 5.75 Å². The molecule has 1 amide bonds. The number of carbonyl (C=O) groups excluding carboxylic acids is 1. The maximum Gasteiger partial charge on any atom is 0.275 e. The van der Waals surface area contributed by atoms with E-state index in [0.717, 1.165) is 10.0 Å². The van der Waals surface area contributed by atoms with E-state index in [1.807, 2.05) is 48.5 Å². The molecule has 0 unspecified atom stereocenters. The van der Waals surface area contributed by atoms with E-state index in [1.165, 1.54) is 6.21 Å². The van der Waals surface area contributed by atoms with Gasteiger partial charge in [0.15, 0.2) is 0 Å². The third-order valence-electron chi connectivity index (χ3n) is 3.47. The van der Waals surface area contributed by atoms with Crippen LogP contribution in [0.4, 0.5) is 0 Å². The predicted molar refractivity (Wildman–Crippen MR) is 104 cm³/mol. The largest absolute Gasteiger partial charge is 0.488 e. The Kier molecular flexibility index (Phi) is 6.11. The zero-order valence-electron chi connectivity index (χ0n) is 13.8. The van der Waals surface area contributed by atoms with E-state index < -0.39 is 0 Å². The first-order chi connectivity index (χ1) is 12.7. The molecular formula is C20H16BrN3O2. The van der Waals surface area contributed by atoms with Gasteiger partial charge in [-0.25, -0.2) is 5.43 Å². The Hall–Kier alpha value is -2.99. The summed E-state index contributed by atoms with van der Waals surface area (Å²) < 4.78 is 6.60. The van der Waals surface area contributed by atoms with Gasteiger partial charge in [0.1, 0.15) is 12.4 Å². The fourth-order valence-corrected chi connectivity index (χ4v) is 2.57. The Morgan fingerprint density at radius 2 is 1.92 bits per heavy atom. The summed E-state index contributed by atoms with van der Waals surface area (Å²) in [5.41, 5.74) is 4.58. The highest BCUT2D eigenvalue weighted by atomic mass is 79.9. The number of benzene rings is 2. The van der Waals surface area contributed by atoms with Gasteiger partial charge in [-0.2, -0.15) is 5.10 Å². The second kappa shape index (κ2) is 8.92. The van der Waals surface area contributed by atoms with E-state index in [4.69, 9.17) is 4.74 Å². The summed E-state index contributed by atoms with van der Waals surface area (Å²) in [4.78, 5) is 16.6. The van der Waals surface area contributed by atoms with Gasteiger partial charge in [0.2, 0.25) is 0 Å². The molecule has 0 aliphatic carbocycles. The highest BCUT2D eigenvalue weighted by Crippen LogP contribution is 2.24. The van der Waals surface area contributed by atoms with Gasteiger partial charge in [-0.15, -0.1) is 0 Å². The summed E-state index contributed by atoms with van der Waals surface area (Å²) in [5.74, 6) is 0.129. The molecule has 1 heterocycles. The summed E-state index contributed by atoms with van der Waals surface area (Å²) in [5, 5.41) is 3.95. The van der Waals surface area contributed by atoms with Gasteiger partial charge in [-0.3, -0.25) is 9.78 Å². The Morgan fingerprint density at radius 3 is 2.69 bits per heavy atom. The molecule has 2 aromatic carbocycles. The fourth-order valence-electron chi connectivity index (χ4n) is 2.21. The summed E-state index contributed by atoms with van der Waals surface area (Å²) in [6.07, 6.45) is 3.15. The Balaban J connectivity index is 1.70. The molecular weight excluding hydrogens is 394 g/mol. The number of amides is 1. The zero-order valence-corrected chi connectivity index (χ0v) is 15.4. The second-order valence-corrected chi connectivity index (χ2v) is 6.28.